The molecule has 0 aromatic heterocycles. The molecule has 1 rings (SSSR count). The van der Waals surface area contributed by atoms with Gasteiger partial charge in [0.1, 0.15) is 0 Å². The highest BCUT2D eigenvalue weighted by atomic mass is 127. The average molecular weight is 485 g/mol. The van der Waals surface area contributed by atoms with E-state index in [1.807, 2.05) is 33.8 Å². The molecule has 5 nitrogen and oxygen atoms in total. The van der Waals surface area contributed by atoms with Crippen LogP contribution in [0.2, 0.25) is 0 Å². The summed E-state index contributed by atoms with van der Waals surface area (Å²) in [5.41, 5.74) is 0.787. The van der Waals surface area contributed by atoms with Gasteiger partial charge in [0, 0.05) is 34.9 Å². The van der Waals surface area contributed by atoms with Crippen LogP contribution in [0.5, 0.6) is 5.75 Å². The Morgan fingerprint density at radius 3 is 2.52 bits per heavy atom. The van der Waals surface area contributed by atoms with Crippen molar-refractivity contribution in [2.75, 3.05) is 26.5 Å². The molecular weight excluding hydrogens is 456 g/mol. The van der Waals surface area contributed by atoms with Crippen LogP contribution in [0.1, 0.15) is 39.3 Å². The average Bonchev–Trinajstić information content (AvgIpc) is 2.52. The molecule has 0 saturated heterocycles. The van der Waals surface area contributed by atoms with E-state index in [0.717, 1.165) is 5.56 Å². The number of rotatable bonds is 6. The third-order valence-corrected chi connectivity index (χ3v) is 5.46. The molecule has 0 aliphatic carbocycles. The van der Waals surface area contributed by atoms with Crippen LogP contribution in [0.4, 0.5) is 4.39 Å². The van der Waals surface area contributed by atoms with E-state index >= 15 is 0 Å². The van der Waals surface area contributed by atoms with Crippen LogP contribution in [0.3, 0.4) is 0 Å². The SMILES string of the molecule is CN=C(NCCS(=O)C(C)(C)C)NC(C)c1ccc(OC)c(F)c1.I. The first-order valence-corrected chi connectivity index (χ1v) is 9.20. The van der Waals surface area contributed by atoms with Crippen molar-refractivity contribution < 1.29 is 13.3 Å². The number of ether oxygens (including phenoxy) is 1. The lowest BCUT2D eigenvalue weighted by atomic mass is 10.1. The maximum atomic E-state index is 13.8. The minimum atomic E-state index is -0.920. The summed E-state index contributed by atoms with van der Waals surface area (Å²) < 4.78 is 30.5. The number of guanidine groups is 1. The van der Waals surface area contributed by atoms with Crippen molar-refractivity contribution >= 4 is 40.7 Å². The fraction of sp³-hybridized carbons (Fsp3) is 0.588. The topological polar surface area (TPSA) is 62.7 Å². The Balaban J connectivity index is 0.00000576. The van der Waals surface area contributed by atoms with Crippen LogP contribution in [0.15, 0.2) is 23.2 Å². The van der Waals surface area contributed by atoms with E-state index in [4.69, 9.17) is 4.74 Å². The Kier molecular flexibility index (Phi) is 10.6. The standard InChI is InChI=1S/C17H28FN3O2S.HI/c1-12(13-7-8-15(23-6)14(18)11-13)21-16(19-5)20-9-10-24(22)17(2,3)4;/h7-8,11-12H,9-10H2,1-6H3,(H2,19,20,21);1H. The van der Waals surface area contributed by atoms with E-state index in [2.05, 4.69) is 15.6 Å². The third kappa shape index (κ3) is 7.89. The summed E-state index contributed by atoms with van der Waals surface area (Å²) in [4.78, 5) is 4.15. The zero-order valence-corrected chi connectivity index (χ0v) is 18.8. The van der Waals surface area contributed by atoms with Crippen molar-refractivity contribution in [3.8, 4) is 5.75 Å². The fourth-order valence-corrected chi connectivity index (χ4v) is 2.90. The molecular formula is C17H29FIN3O2S. The van der Waals surface area contributed by atoms with Gasteiger partial charge in [0.05, 0.1) is 13.2 Å². The van der Waals surface area contributed by atoms with Crippen LogP contribution < -0.4 is 15.4 Å². The minimum absolute atomic E-state index is 0. The zero-order valence-electron chi connectivity index (χ0n) is 15.7. The van der Waals surface area contributed by atoms with E-state index in [0.29, 0.717) is 18.3 Å². The Labute approximate surface area is 169 Å². The van der Waals surface area contributed by atoms with Gasteiger partial charge in [-0.15, -0.1) is 24.0 Å². The largest absolute Gasteiger partial charge is 0.494 e. The lowest BCUT2D eigenvalue weighted by molar-refractivity contribution is 0.386. The molecule has 2 atom stereocenters. The van der Waals surface area contributed by atoms with Crippen LogP contribution in [-0.4, -0.2) is 41.4 Å². The van der Waals surface area contributed by atoms with Gasteiger partial charge in [-0.1, -0.05) is 6.07 Å². The predicted octanol–water partition coefficient (Wildman–Crippen LogP) is 3.23. The molecule has 0 aliphatic heterocycles. The van der Waals surface area contributed by atoms with Crippen LogP contribution in [-0.2, 0) is 10.8 Å². The summed E-state index contributed by atoms with van der Waals surface area (Å²) in [5, 5.41) is 6.33. The second-order valence-electron chi connectivity index (χ2n) is 6.42. The van der Waals surface area contributed by atoms with Crippen molar-refractivity contribution in [1.29, 1.82) is 0 Å². The molecule has 0 spiro atoms. The quantitative estimate of drug-likeness (QED) is 0.369. The molecule has 0 aliphatic rings. The number of methoxy groups -OCH3 is 1. The fourth-order valence-electron chi connectivity index (χ4n) is 2.00. The summed E-state index contributed by atoms with van der Waals surface area (Å²) >= 11 is 0. The van der Waals surface area contributed by atoms with Crippen LogP contribution >= 0.6 is 24.0 Å². The Morgan fingerprint density at radius 1 is 1.40 bits per heavy atom. The molecule has 0 saturated carbocycles. The van der Waals surface area contributed by atoms with Crippen molar-refractivity contribution in [3.05, 3.63) is 29.6 Å². The predicted molar refractivity (Wildman–Crippen MR) is 114 cm³/mol. The van der Waals surface area contributed by atoms with Crippen LogP contribution in [0, 0.1) is 5.82 Å². The first-order valence-electron chi connectivity index (χ1n) is 7.88. The van der Waals surface area contributed by atoms with Gasteiger partial charge in [0.25, 0.3) is 0 Å². The highest BCUT2D eigenvalue weighted by molar-refractivity contribution is 14.0. The summed E-state index contributed by atoms with van der Waals surface area (Å²) in [6.07, 6.45) is 0. The highest BCUT2D eigenvalue weighted by Gasteiger charge is 2.19. The molecule has 144 valence electrons. The molecule has 1 aromatic rings. The molecule has 1 aromatic carbocycles. The molecule has 0 radical (unpaired) electrons. The lowest BCUT2D eigenvalue weighted by Crippen LogP contribution is -2.41. The smallest absolute Gasteiger partial charge is 0.191 e. The van der Waals surface area contributed by atoms with Gasteiger partial charge in [0.2, 0.25) is 0 Å². The van der Waals surface area contributed by atoms with Gasteiger partial charge in [-0.05, 0) is 45.4 Å². The molecule has 0 amide bonds. The first-order chi connectivity index (χ1) is 11.2. The molecule has 0 heterocycles. The number of benzene rings is 1. The zero-order chi connectivity index (χ0) is 18.3. The minimum Gasteiger partial charge on any atom is -0.494 e. The van der Waals surface area contributed by atoms with Gasteiger partial charge >= 0.3 is 0 Å². The maximum absolute atomic E-state index is 13.8. The van der Waals surface area contributed by atoms with Gasteiger partial charge in [-0.25, -0.2) is 4.39 Å². The maximum Gasteiger partial charge on any atom is 0.191 e. The number of hydrogen-bond acceptors (Lipinski definition) is 3. The van der Waals surface area contributed by atoms with E-state index < -0.39 is 16.6 Å². The van der Waals surface area contributed by atoms with Crippen molar-refractivity contribution in [3.63, 3.8) is 0 Å². The van der Waals surface area contributed by atoms with E-state index in [9.17, 15) is 8.60 Å². The molecule has 8 heteroatoms. The Hall–Kier alpha value is -0.900. The number of aliphatic imine (C=N–C) groups is 1. The molecule has 25 heavy (non-hydrogen) atoms. The molecule has 2 N–H and O–H groups in total. The Bertz CT molecular complexity index is 606. The molecule has 0 fully saturated rings. The van der Waals surface area contributed by atoms with E-state index in [-0.39, 0.29) is 40.5 Å². The molecule has 2 unspecified atom stereocenters. The van der Waals surface area contributed by atoms with Gasteiger partial charge < -0.3 is 15.4 Å². The molecule has 0 bridgehead atoms. The van der Waals surface area contributed by atoms with Gasteiger partial charge in [-0.3, -0.25) is 9.20 Å². The van der Waals surface area contributed by atoms with Crippen molar-refractivity contribution in [1.82, 2.24) is 10.6 Å². The normalized spacial score (nSPS) is 14.3. The number of nitrogens with zero attached hydrogens (tertiary/aromatic N) is 1. The van der Waals surface area contributed by atoms with E-state index in [1.165, 1.54) is 13.2 Å². The lowest BCUT2D eigenvalue weighted by Gasteiger charge is -2.20. The first kappa shape index (κ1) is 24.1. The van der Waals surface area contributed by atoms with Crippen LogP contribution in [0.25, 0.3) is 0 Å². The second-order valence-corrected chi connectivity index (χ2v) is 8.75. The van der Waals surface area contributed by atoms with Crippen molar-refractivity contribution in [2.45, 2.75) is 38.5 Å². The third-order valence-electron chi connectivity index (χ3n) is 3.52. The van der Waals surface area contributed by atoms with Gasteiger partial charge in [0.15, 0.2) is 17.5 Å². The summed E-state index contributed by atoms with van der Waals surface area (Å²) in [7, 11) is 2.18. The van der Waals surface area contributed by atoms with Gasteiger partial charge in [-0.2, -0.15) is 0 Å². The van der Waals surface area contributed by atoms with Crippen molar-refractivity contribution in [2.24, 2.45) is 4.99 Å². The Morgan fingerprint density at radius 2 is 2.04 bits per heavy atom. The summed E-state index contributed by atoms with van der Waals surface area (Å²) in [5.74, 6) is 0.949. The highest BCUT2D eigenvalue weighted by Crippen LogP contribution is 2.21. The summed E-state index contributed by atoms with van der Waals surface area (Å²) in [6.45, 7) is 8.33. The monoisotopic (exact) mass is 485 g/mol. The van der Waals surface area contributed by atoms with E-state index in [1.54, 1.807) is 13.1 Å². The number of nitrogens with one attached hydrogen (secondary N) is 2. The number of halogens is 2. The summed E-state index contributed by atoms with van der Waals surface area (Å²) in [6, 6.07) is 4.72. The second kappa shape index (κ2) is 10.9. The number of hydrogen-bond donors (Lipinski definition) is 2.